The fraction of sp³-hybridized carbons (Fsp3) is 1.00. The molecule has 0 radical (unpaired) electrons. The Morgan fingerprint density at radius 3 is 3.00 bits per heavy atom. The van der Waals surface area contributed by atoms with Crippen LogP contribution in [0.1, 0.15) is 19.3 Å². The van der Waals surface area contributed by atoms with Crippen LogP contribution < -0.4 is 0 Å². The van der Waals surface area contributed by atoms with Crippen LogP contribution in [0.5, 0.6) is 0 Å². The Morgan fingerprint density at radius 2 is 2.20 bits per heavy atom. The van der Waals surface area contributed by atoms with E-state index in [4.69, 9.17) is 5.11 Å². The van der Waals surface area contributed by atoms with E-state index in [9.17, 15) is 0 Å². The van der Waals surface area contributed by atoms with Crippen molar-refractivity contribution in [3.8, 4) is 0 Å². The third kappa shape index (κ3) is 0.867. The lowest BCUT2D eigenvalue weighted by Crippen LogP contribution is -2.27. The van der Waals surface area contributed by atoms with E-state index in [1.807, 2.05) is 0 Å². The molecule has 0 aliphatic carbocycles. The number of rotatable bonds is 1. The average Bonchev–Trinajstić information content (AvgIpc) is 2.44. The molecule has 2 aliphatic heterocycles. The van der Waals surface area contributed by atoms with Gasteiger partial charge in [-0.05, 0) is 38.3 Å². The number of nitrogens with zero attached hydrogens (tertiary/aromatic N) is 1. The number of aliphatic hydroxyl groups is 1. The summed E-state index contributed by atoms with van der Waals surface area (Å²) in [7, 11) is 0. The molecular formula is C8H15NO. The first-order valence-electron chi connectivity index (χ1n) is 4.26. The Balaban J connectivity index is 2.01. The second-order valence-corrected chi connectivity index (χ2v) is 3.48. The number of hydrogen-bond donors (Lipinski definition) is 1. The van der Waals surface area contributed by atoms with Crippen LogP contribution >= 0.6 is 0 Å². The maximum atomic E-state index is 8.99. The van der Waals surface area contributed by atoms with Crippen molar-refractivity contribution in [3.63, 3.8) is 0 Å². The van der Waals surface area contributed by atoms with E-state index in [0.717, 1.165) is 6.04 Å². The van der Waals surface area contributed by atoms with Crippen molar-refractivity contribution < 1.29 is 5.11 Å². The first-order chi connectivity index (χ1) is 4.92. The van der Waals surface area contributed by atoms with Gasteiger partial charge in [-0.1, -0.05) is 0 Å². The van der Waals surface area contributed by atoms with E-state index in [-0.39, 0.29) is 0 Å². The third-order valence-corrected chi connectivity index (χ3v) is 2.98. The van der Waals surface area contributed by atoms with Crippen LogP contribution in [0.2, 0.25) is 0 Å². The first kappa shape index (κ1) is 6.62. The van der Waals surface area contributed by atoms with Gasteiger partial charge in [0.05, 0.1) is 0 Å². The van der Waals surface area contributed by atoms with E-state index in [1.54, 1.807) is 0 Å². The summed E-state index contributed by atoms with van der Waals surface area (Å²) in [6.45, 7) is 2.91. The van der Waals surface area contributed by atoms with E-state index >= 15 is 0 Å². The SMILES string of the molecule is OCC1CCN2CCCC12. The van der Waals surface area contributed by atoms with E-state index in [2.05, 4.69) is 4.90 Å². The highest BCUT2D eigenvalue weighted by atomic mass is 16.3. The Bertz CT molecular complexity index is 126. The number of fused-ring (bicyclic) bond motifs is 1. The van der Waals surface area contributed by atoms with Crippen molar-refractivity contribution in [1.82, 2.24) is 4.90 Å². The van der Waals surface area contributed by atoms with Crippen LogP contribution in [0, 0.1) is 5.92 Å². The van der Waals surface area contributed by atoms with Crippen molar-refractivity contribution in [2.45, 2.75) is 25.3 Å². The van der Waals surface area contributed by atoms with Crippen LogP contribution in [-0.4, -0.2) is 35.7 Å². The topological polar surface area (TPSA) is 23.5 Å². The van der Waals surface area contributed by atoms with Crippen LogP contribution in [-0.2, 0) is 0 Å². The van der Waals surface area contributed by atoms with Gasteiger partial charge in [0, 0.05) is 12.6 Å². The minimum absolute atomic E-state index is 0.404. The van der Waals surface area contributed by atoms with Crippen LogP contribution in [0.25, 0.3) is 0 Å². The monoisotopic (exact) mass is 141 g/mol. The quantitative estimate of drug-likeness (QED) is 0.573. The molecule has 1 N–H and O–H groups in total. The lowest BCUT2D eigenvalue weighted by Gasteiger charge is -2.17. The van der Waals surface area contributed by atoms with Crippen molar-refractivity contribution in [2.75, 3.05) is 19.7 Å². The molecule has 0 aromatic heterocycles. The molecular weight excluding hydrogens is 126 g/mol. The molecule has 2 unspecified atom stereocenters. The molecule has 0 saturated carbocycles. The molecule has 0 bridgehead atoms. The van der Waals surface area contributed by atoms with E-state index in [1.165, 1.54) is 32.4 Å². The minimum atomic E-state index is 0.404. The van der Waals surface area contributed by atoms with Gasteiger partial charge in [-0.15, -0.1) is 0 Å². The molecule has 2 heteroatoms. The van der Waals surface area contributed by atoms with Crippen molar-refractivity contribution in [2.24, 2.45) is 5.92 Å². The van der Waals surface area contributed by atoms with Crippen LogP contribution in [0.15, 0.2) is 0 Å². The Labute approximate surface area is 61.8 Å². The van der Waals surface area contributed by atoms with Gasteiger partial charge >= 0.3 is 0 Å². The van der Waals surface area contributed by atoms with Crippen LogP contribution in [0.4, 0.5) is 0 Å². The maximum absolute atomic E-state index is 8.99. The summed E-state index contributed by atoms with van der Waals surface area (Å²) in [6, 6.07) is 0.741. The van der Waals surface area contributed by atoms with Crippen molar-refractivity contribution in [3.05, 3.63) is 0 Å². The molecule has 10 heavy (non-hydrogen) atoms. The van der Waals surface area contributed by atoms with Crippen LogP contribution in [0.3, 0.4) is 0 Å². The zero-order chi connectivity index (χ0) is 6.97. The molecule has 2 fully saturated rings. The smallest absolute Gasteiger partial charge is 0.0474 e. The van der Waals surface area contributed by atoms with Gasteiger partial charge in [-0.3, -0.25) is 0 Å². The highest BCUT2D eigenvalue weighted by molar-refractivity contribution is 4.90. The molecule has 2 heterocycles. The van der Waals surface area contributed by atoms with E-state index in [0.29, 0.717) is 12.5 Å². The molecule has 2 atom stereocenters. The Kier molecular flexibility index (Phi) is 1.66. The highest BCUT2D eigenvalue weighted by Crippen LogP contribution is 2.31. The van der Waals surface area contributed by atoms with Gasteiger partial charge < -0.3 is 10.0 Å². The van der Waals surface area contributed by atoms with Crippen molar-refractivity contribution >= 4 is 0 Å². The minimum Gasteiger partial charge on any atom is -0.396 e. The number of hydrogen-bond acceptors (Lipinski definition) is 2. The predicted octanol–water partition coefficient (Wildman–Crippen LogP) is 0.463. The Morgan fingerprint density at radius 1 is 1.30 bits per heavy atom. The molecule has 58 valence electrons. The highest BCUT2D eigenvalue weighted by Gasteiger charge is 2.36. The summed E-state index contributed by atoms with van der Waals surface area (Å²) in [5.41, 5.74) is 0. The maximum Gasteiger partial charge on any atom is 0.0474 e. The van der Waals surface area contributed by atoms with Gasteiger partial charge in [-0.25, -0.2) is 0 Å². The normalized spacial score (nSPS) is 40.5. The lowest BCUT2D eigenvalue weighted by atomic mass is 10.00. The van der Waals surface area contributed by atoms with Gasteiger partial charge in [0.25, 0.3) is 0 Å². The van der Waals surface area contributed by atoms with E-state index < -0.39 is 0 Å². The number of aliphatic hydroxyl groups excluding tert-OH is 1. The predicted molar refractivity (Wildman–Crippen MR) is 39.8 cm³/mol. The van der Waals surface area contributed by atoms with Gasteiger partial charge in [0.2, 0.25) is 0 Å². The fourth-order valence-corrected chi connectivity index (χ4v) is 2.40. The molecule has 2 saturated heterocycles. The molecule has 0 aromatic carbocycles. The third-order valence-electron chi connectivity index (χ3n) is 2.98. The largest absolute Gasteiger partial charge is 0.396 e. The lowest BCUT2D eigenvalue weighted by molar-refractivity contribution is 0.191. The fourth-order valence-electron chi connectivity index (χ4n) is 2.40. The molecule has 2 rings (SSSR count). The molecule has 0 spiro atoms. The second-order valence-electron chi connectivity index (χ2n) is 3.48. The summed E-state index contributed by atoms with van der Waals surface area (Å²) in [6.07, 6.45) is 3.90. The summed E-state index contributed by atoms with van der Waals surface area (Å²) in [5.74, 6) is 0.600. The summed E-state index contributed by atoms with van der Waals surface area (Å²) < 4.78 is 0. The molecule has 0 amide bonds. The zero-order valence-corrected chi connectivity index (χ0v) is 6.29. The Hall–Kier alpha value is -0.0800. The second kappa shape index (κ2) is 2.51. The van der Waals surface area contributed by atoms with Crippen molar-refractivity contribution in [1.29, 1.82) is 0 Å². The van der Waals surface area contributed by atoms with Gasteiger partial charge in [0.15, 0.2) is 0 Å². The summed E-state index contributed by atoms with van der Waals surface area (Å²) >= 11 is 0. The zero-order valence-electron chi connectivity index (χ0n) is 6.29. The summed E-state index contributed by atoms with van der Waals surface area (Å²) in [4.78, 5) is 2.53. The first-order valence-corrected chi connectivity index (χ1v) is 4.26. The average molecular weight is 141 g/mol. The van der Waals surface area contributed by atoms with Gasteiger partial charge in [0.1, 0.15) is 0 Å². The molecule has 0 aromatic rings. The molecule has 2 nitrogen and oxygen atoms in total. The van der Waals surface area contributed by atoms with Gasteiger partial charge in [-0.2, -0.15) is 0 Å². The molecule has 2 aliphatic rings. The standard InChI is InChI=1S/C8H15NO/c10-6-7-3-5-9-4-1-2-8(7)9/h7-8,10H,1-6H2. The summed E-state index contributed by atoms with van der Waals surface area (Å²) in [5, 5.41) is 8.99.